The fourth-order valence-electron chi connectivity index (χ4n) is 3.24. The molecule has 2 aromatic rings. The highest BCUT2D eigenvalue weighted by atomic mass is 19.1. The molecule has 1 unspecified atom stereocenters. The molecule has 0 aliphatic carbocycles. The van der Waals surface area contributed by atoms with Gasteiger partial charge in [0.25, 0.3) is 5.91 Å². The van der Waals surface area contributed by atoms with Crippen LogP contribution in [0.25, 0.3) is 0 Å². The minimum atomic E-state index is -0.788. The molecule has 5 heteroatoms. The molecule has 1 aliphatic rings. The third-order valence-electron chi connectivity index (χ3n) is 4.54. The number of nitrogens with zero attached hydrogens (tertiary/aromatic N) is 1. The van der Waals surface area contributed by atoms with Gasteiger partial charge in [-0.15, -0.1) is 0 Å². The van der Waals surface area contributed by atoms with Crippen molar-refractivity contribution in [1.29, 1.82) is 0 Å². The van der Waals surface area contributed by atoms with E-state index in [1.165, 1.54) is 18.9 Å². The highest BCUT2D eigenvalue weighted by molar-refractivity contribution is 6.04. The van der Waals surface area contributed by atoms with E-state index in [0.717, 1.165) is 43.2 Å². The van der Waals surface area contributed by atoms with Gasteiger partial charge in [0.05, 0.1) is 5.69 Å². The highest BCUT2D eigenvalue weighted by Crippen LogP contribution is 2.19. The van der Waals surface area contributed by atoms with Crippen molar-refractivity contribution >= 4 is 11.6 Å². The van der Waals surface area contributed by atoms with Gasteiger partial charge in [0.2, 0.25) is 0 Å². The Kier molecular flexibility index (Phi) is 5.43. The summed E-state index contributed by atoms with van der Waals surface area (Å²) in [4.78, 5) is 14.6. The van der Waals surface area contributed by atoms with Crippen LogP contribution in [0.5, 0.6) is 0 Å². The number of anilines is 1. The fourth-order valence-corrected chi connectivity index (χ4v) is 3.24. The molecule has 0 saturated carbocycles. The second kappa shape index (κ2) is 7.74. The summed E-state index contributed by atoms with van der Waals surface area (Å²) in [5.74, 6) is -1.15. The molecule has 1 fully saturated rings. The van der Waals surface area contributed by atoms with Crippen LogP contribution in [0.2, 0.25) is 0 Å². The van der Waals surface area contributed by atoms with Gasteiger partial charge < -0.3 is 5.32 Å². The number of nitrogens with one attached hydrogen (secondary N) is 1. The van der Waals surface area contributed by atoms with E-state index in [-0.39, 0.29) is 5.69 Å². The summed E-state index contributed by atoms with van der Waals surface area (Å²) in [5, 5.41) is 2.47. The zero-order chi connectivity index (χ0) is 17.8. The van der Waals surface area contributed by atoms with Crippen LogP contribution in [0.15, 0.2) is 42.5 Å². The number of likely N-dealkylation sites (tertiary alicyclic amines) is 1. The van der Waals surface area contributed by atoms with Crippen molar-refractivity contribution in [2.45, 2.75) is 26.3 Å². The fraction of sp³-hybridized carbons (Fsp3) is 0.350. The maximum atomic E-state index is 13.6. The smallest absolute Gasteiger partial charge is 0.255 e. The molecule has 1 atom stereocenters. The van der Waals surface area contributed by atoms with Gasteiger partial charge in [0, 0.05) is 24.7 Å². The number of hydrogen-bond acceptors (Lipinski definition) is 2. The third-order valence-corrected chi connectivity index (χ3v) is 4.54. The summed E-state index contributed by atoms with van der Waals surface area (Å²) in [5.41, 5.74) is 1.57. The molecule has 132 valence electrons. The normalized spacial score (nSPS) is 18.1. The van der Waals surface area contributed by atoms with Gasteiger partial charge in [-0.3, -0.25) is 9.69 Å². The van der Waals surface area contributed by atoms with E-state index in [0.29, 0.717) is 5.56 Å². The van der Waals surface area contributed by atoms with E-state index in [9.17, 15) is 13.6 Å². The Morgan fingerprint density at radius 3 is 2.64 bits per heavy atom. The first-order valence-corrected chi connectivity index (χ1v) is 8.59. The molecule has 1 heterocycles. The first kappa shape index (κ1) is 17.5. The van der Waals surface area contributed by atoms with Crippen LogP contribution in [-0.2, 0) is 6.54 Å². The Morgan fingerprint density at radius 1 is 1.20 bits per heavy atom. The first-order valence-electron chi connectivity index (χ1n) is 8.59. The molecule has 0 spiro atoms. The average molecular weight is 344 g/mol. The van der Waals surface area contributed by atoms with Crippen LogP contribution in [0.1, 0.15) is 35.7 Å². The molecule has 1 N–H and O–H groups in total. The van der Waals surface area contributed by atoms with Gasteiger partial charge in [-0.25, -0.2) is 8.78 Å². The average Bonchev–Trinajstić information content (AvgIpc) is 2.58. The Morgan fingerprint density at radius 2 is 1.96 bits per heavy atom. The number of carbonyl (C=O) groups is 1. The zero-order valence-corrected chi connectivity index (χ0v) is 14.3. The van der Waals surface area contributed by atoms with E-state index < -0.39 is 17.5 Å². The van der Waals surface area contributed by atoms with E-state index in [1.54, 1.807) is 12.1 Å². The minimum absolute atomic E-state index is 0.0298. The van der Waals surface area contributed by atoms with Gasteiger partial charge in [0.15, 0.2) is 0 Å². The van der Waals surface area contributed by atoms with Crippen molar-refractivity contribution in [3.8, 4) is 0 Å². The molecule has 3 rings (SSSR count). The van der Waals surface area contributed by atoms with E-state index in [1.807, 2.05) is 12.1 Å². The summed E-state index contributed by atoms with van der Waals surface area (Å²) in [6.45, 7) is 5.36. The molecular weight excluding hydrogens is 322 g/mol. The van der Waals surface area contributed by atoms with E-state index in [4.69, 9.17) is 0 Å². The number of halogens is 2. The SMILES string of the molecule is CC1CCCN(Cc2ccc(C(=O)Nc3ccc(F)cc3F)cc2)C1. The molecule has 1 amide bonds. The minimum Gasteiger partial charge on any atom is -0.319 e. The lowest BCUT2D eigenvalue weighted by Gasteiger charge is -2.30. The Hall–Kier alpha value is -2.27. The van der Waals surface area contributed by atoms with Crippen LogP contribution in [0.4, 0.5) is 14.5 Å². The van der Waals surface area contributed by atoms with Gasteiger partial charge in [-0.05, 0) is 55.1 Å². The van der Waals surface area contributed by atoms with Crippen LogP contribution in [-0.4, -0.2) is 23.9 Å². The third kappa shape index (κ3) is 4.63. The Labute approximate surface area is 146 Å². The molecule has 0 radical (unpaired) electrons. The number of piperidine rings is 1. The number of rotatable bonds is 4. The standard InChI is InChI=1S/C20H22F2N2O/c1-14-3-2-10-24(12-14)13-15-4-6-16(7-5-15)20(25)23-19-9-8-17(21)11-18(19)22/h4-9,11,14H,2-3,10,12-13H2,1H3,(H,23,25). The van der Waals surface area contributed by atoms with Crippen LogP contribution in [0.3, 0.4) is 0 Å². The highest BCUT2D eigenvalue weighted by Gasteiger charge is 2.16. The molecule has 25 heavy (non-hydrogen) atoms. The summed E-state index contributed by atoms with van der Waals surface area (Å²) in [6.07, 6.45) is 2.51. The first-order chi connectivity index (χ1) is 12.0. The molecule has 1 saturated heterocycles. The van der Waals surface area contributed by atoms with Crippen molar-refractivity contribution in [3.63, 3.8) is 0 Å². The number of carbonyl (C=O) groups excluding carboxylic acids is 1. The number of amides is 1. The second-order valence-electron chi connectivity index (χ2n) is 6.76. The van der Waals surface area contributed by atoms with Crippen LogP contribution in [0, 0.1) is 17.6 Å². The predicted molar refractivity (Wildman–Crippen MR) is 94.4 cm³/mol. The van der Waals surface area contributed by atoms with Gasteiger partial charge in [-0.1, -0.05) is 19.1 Å². The van der Waals surface area contributed by atoms with E-state index in [2.05, 4.69) is 17.1 Å². The predicted octanol–water partition coefficient (Wildman–Crippen LogP) is 4.45. The Bertz CT molecular complexity index is 746. The van der Waals surface area contributed by atoms with E-state index >= 15 is 0 Å². The molecule has 3 nitrogen and oxygen atoms in total. The van der Waals surface area contributed by atoms with Crippen LogP contribution < -0.4 is 5.32 Å². The monoisotopic (exact) mass is 344 g/mol. The molecule has 2 aromatic carbocycles. The van der Waals surface area contributed by atoms with Gasteiger partial charge >= 0.3 is 0 Å². The van der Waals surface area contributed by atoms with Crippen molar-refractivity contribution < 1.29 is 13.6 Å². The molecular formula is C20H22F2N2O. The largest absolute Gasteiger partial charge is 0.319 e. The summed E-state index contributed by atoms with van der Waals surface area (Å²) in [6, 6.07) is 10.4. The van der Waals surface area contributed by atoms with Crippen LogP contribution >= 0.6 is 0 Å². The lowest BCUT2D eigenvalue weighted by atomic mass is 9.99. The summed E-state index contributed by atoms with van der Waals surface area (Å²) >= 11 is 0. The lowest BCUT2D eigenvalue weighted by molar-refractivity contribution is 0.102. The molecule has 0 aromatic heterocycles. The Balaban J connectivity index is 1.62. The van der Waals surface area contributed by atoms with Crippen molar-refractivity contribution in [3.05, 3.63) is 65.2 Å². The van der Waals surface area contributed by atoms with Gasteiger partial charge in [-0.2, -0.15) is 0 Å². The topological polar surface area (TPSA) is 32.3 Å². The summed E-state index contributed by atoms with van der Waals surface area (Å²) < 4.78 is 26.5. The van der Waals surface area contributed by atoms with Crippen molar-refractivity contribution in [2.24, 2.45) is 5.92 Å². The maximum absolute atomic E-state index is 13.6. The lowest BCUT2D eigenvalue weighted by Crippen LogP contribution is -2.33. The van der Waals surface area contributed by atoms with Gasteiger partial charge in [0.1, 0.15) is 11.6 Å². The molecule has 0 bridgehead atoms. The number of hydrogen-bond donors (Lipinski definition) is 1. The van der Waals surface area contributed by atoms with Crippen molar-refractivity contribution in [2.75, 3.05) is 18.4 Å². The zero-order valence-electron chi connectivity index (χ0n) is 14.3. The summed E-state index contributed by atoms with van der Waals surface area (Å²) in [7, 11) is 0. The van der Waals surface area contributed by atoms with Crippen molar-refractivity contribution in [1.82, 2.24) is 4.90 Å². The maximum Gasteiger partial charge on any atom is 0.255 e. The molecule has 1 aliphatic heterocycles. The second-order valence-corrected chi connectivity index (χ2v) is 6.76. The number of benzene rings is 2. The quantitative estimate of drug-likeness (QED) is 0.889.